The van der Waals surface area contributed by atoms with E-state index in [0.717, 1.165) is 12.1 Å². The minimum Gasteiger partial charge on any atom is -0.495 e. The van der Waals surface area contributed by atoms with Crippen molar-refractivity contribution in [1.82, 2.24) is 9.97 Å². The molecule has 1 heterocycles. The Labute approximate surface area is 169 Å². The molecule has 2 aromatic carbocycles. The number of rotatable bonds is 7. The number of ether oxygens (including phenoxy) is 1. The number of anilines is 2. The van der Waals surface area contributed by atoms with Gasteiger partial charge in [-0.05, 0) is 30.7 Å². The molecular formula is C21H21ClN4O2. The van der Waals surface area contributed by atoms with Gasteiger partial charge in [0, 0.05) is 24.2 Å². The molecule has 0 spiro atoms. The summed E-state index contributed by atoms with van der Waals surface area (Å²) >= 11 is 6.03. The van der Waals surface area contributed by atoms with Crippen molar-refractivity contribution < 1.29 is 9.53 Å². The van der Waals surface area contributed by atoms with Crippen LogP contribution in [0.4, 0.5) is 11.5 Å². The lowest BCUT2D eigenvalue weighted by Crippen LogP contribution is -2.24. The van der Waals surface area contributed by atoms with Crippen LogP contribution in [-0.2, 0) is 6.54 Å². The first kappa shape index (κ1) is 19.6. The zero-order valence-electron chi connectivity index (χ0n) is 15.7. The maximum absolute atomic E-state index is 12.7. The van der Waals surface area contributed by atoms with Crippen molar-refractivity contribution in [2.45, 2.75) is 13.5 Å². The van der Waals surface area contributed by atoms with Crippen molar-refractivity contribution in [1.29, 1.82) is 0 Å². The fraction of sp³-hybridized carbons (Fsp3) is 0.190. The molecule has 6 nitrogen and oxygen atoms in total. The van der Waals surface area contributed by atoms with Crippen LogP contribution in [0.5, 0.6) is 5.75 Å². The summed E-state index contributed by atoms with van der Waals surface area (Å²) in [5.74, 6) is 0.843. The van der Waals surface area contributed by atoms with E-state index in [9.17, 15) is 4.79 Å². The van der Waals surface area contributed by atoms with Crippen LogP contribution < -0.4 is 15.0 Å². The highest BCUT2D eigenvalue weighted by Crippen LogP contribution is 2.28. The fourth-order valence-electron chi connectivity index (χ4n) is 2.77. The van der Waals surface area contributed by atoms with Gasteiger partial charge in [-0.3, -0.25) is 4.79 Å². The lowest BCUT2D eigenvalue weighted by Gasteiger charge is -2.22. The first-order valence-electron chi connectivity index (χ1n) is 8.86. The van der Waals surface area contributed by atoms with Crippen LogP contribution in [0, 0.1) is 0 Å². The van der Waals surface area contributed by atoms with Crippen LogP contribution in [0.2, 0.25) is 5.02 Å². The van der Waals surface area contributed by atoms with E-state index in [2.05, 4.69) is 32.3 Å². The average Bonchev–Trinajstić information content (AvgIpc) is 2.73. The predicted octanol–water partition coefficient (Wildman–Crippen LogP) is 4.42. The summed E-state index contributed by atoms with van der Waals surface area (Å²) in [6.45, 7) is 3.48. The second kappa shape index (κ2) is 9.19. The SMILES string of the molecule is CCN(Cc1ccccc1)c1cc(C(=O)Nc2cc(Cl)ccc2OC)ncn1. The monoisotopic (exact) mass is 396 g/mol. The second-order valence-corrected chi connectivity index (χ2v) is 6.50. The van der Waals surface area contributed by atoms with Crippen LogP contribution in [0.15, 0.2) is 60.9 Å². The van der Waals surface area contributed by atoms with Gasteiger partial charge in [0.2, 0.25) is 0 Å². The number of benzene rings is 2. The second-order valence-electron chi connectivity index (χ2n) is 6.06. The number of nitrogens with zero attached hydrogens (tertiary/aromatic N) is 3. The van der Waals surface area contributed by atoms with Gasteiger partial charge in [-0.25, -0.2) is 9.97 Å². The number of halogens is 1. The van der Waals surface area contributed by atoms with E-state index in [1.54, 1.807) is 24.3 Å². The van der Waals surface area contributed by atoms with E-state index < -0.39 is 0 Å². The molecule has 0 saturated heterocycles. The predicted molar refractivity (Wildman–Crippen MR) is 111 cm³/mol. The van der Waals surface area contributed by atoms with Crippen molar-refractivity contribution >= 4 is 29.0 Å². The van der Waals surface area contributed by atoms with Gasteiger partial charge in [0.25, 0.3) is 5.91 Å². The third-order valence-corrected chi connectivity index (χ3v) is 4.45. The lowest BCUT2D eigenvalue weighted by molar-refractivity contribution is 0.102. The summed E-state index contributed by atoms with van der Waals surface area (Å²) in [6.07, 6.45) is 1.40. The summed E-state index contributed by atoms with van der Waals surface area (Å²) < 4.78 is 5.27. The van der Waals surface area contributed by atoms with Crippen LogP contribution in [0.3, 0.4) is 0 Å². The average molecular weight is 397 g/mol. The van der Waals surface area contributed by atoms with Gasteiger partial charge in [0.15, 0.2) is 0 Å². The van der Waals surface area contributed by atoms with Crippen LogP contribution in [-0.4, -0.2) is 29.5 Å². The highest BCUT2D eigenvalue weighted by molar-refractivity contribution is 6.31. The lowest BCUT2D eigenvalue weighted by atomic mass is 10.2. The zero-order chi connectivity index (χ0) is 19.9. The smallest absolute Gasteiger partial charge is 0.274 e. The number of methoxy groups -OCH3 is 1. The quantitative estimate of drug-likeness (QED) is 0.640. The third kappa shape index (κ3) is 4.78. The number of hydrogen-bond donors (Lipinski definition) is 1. The van der Waals surface area contributed by atoms with Gasteiger partial charge in [0.1, 0.15) is 23.6 Å². The number of amides is 1. The Morgan fingerprint density at radius 1 is 1.14 bits per heavy atom. The van der Waals surface area contributed by atoms with E-state index in [0.29, 0.717) is 28.8 Å². The fourth-order valence-corrected chi connectivity index (χ4v) is 2.94. The number of hydrogen-bond acceptors (Lipinski definition) is 5. The maximum atomic E-state index is 12.7. The van der Waals surface area contributed by atoms with Gasteiger partial charge in [-0.2, -0.15) is 0 Å². The molecule has 7 heteroatoms. The number of aromatic nitrogens is 2. The molecule has 0 atom stereocenters. The Morgan fingerprint density at radius 3 is 2.64 bits per heavy atom. The highest BCUT2D eigenvalue weighted by atomic mass is 35.5. The van der Waals surface area contributed by atoms with E-state index in [4.69, 9.17) is 16.3 Å². The molecule has 28 heavy (non-hydrogen) atoms. The summed E-state index contributed by atoms with van der Waals surface area (Å²) in [4.78, 5) is 23.2. The van der Waals surface area contributed by atoms with Crippen molar-refractivity contribution in [3.05, 3.63) is 77.2 Å². The molecule has 0 aliphatic carbocycles. The number of nitrogens with one attached hydrogen (secondary N) is 1. The first-order valence-corrected chi connectivity index (χ1v) is 9.24. The number of carbonyl (C=O) groups is 1. The number of carbonyl (C=O) groups excluding carboxylic acids is 1. The molecule has 0 radical (unpaired) electrons. The van der Waals surface area contributed by atoms with Gasteiger partial charge >= 0.3 is 0 Å². The molecule has 1 N–H and O–H groups in total. The van der Waals surface area contributed by atoms with E-state index >= 15 is 0 Å². The molecule has 144 valence electrons. The van der Waals surface area contributed by atoms with Crippen LogP contribution in [0.1, 0.15) is 23.0 Å². The summed E-state index contributed by atoms with van der Waals surface area (Å²) in [5.41, 5.74) is 1.91. The Morgan fingerprint density at radius 2 is 1.93 bits per heavy atom. The molecule has 1 amide bonds. The Hall–Kier alpha value is -3.12. The van der Waals surface area contributed by atoms with Gasteiger partial charge in [-0.15, -0.1) is 0 Å². The van der Waals surface area contributed by atoms with Crippen molar-refractivity contribution in [3.63, 3.8) is 0 Å². The van der Waals surface area contributed by atoms with Crippen molar-refractivity contribution in [2.24, 2.45) is 0 Å². The van der Waals surface area contributed by atoms with Crippen LogP contribution in [0.25, 0.3) is 0 Å². The normalized spacial score (nSPS) is 10.4. The van der Waals surface area contributed by atoms with E-state index in [-0.39, 0.29) is 11.6 Å². The maximum Gasteiger partial charge on any atom is 0.274 e. The Kier molecular flexibility index (Phi) is 6.45. The van der Waals surface area contributed by atoms with E-state index in [1.807, 2.05) is 25.1 Å². The van der Waals surface area contributed by atoms with Crippen molar-refractivity contribution in [2.75, 3.05) is 23.9 Å². The minimum absolute atomic E-state index is 0.263. The molecule has 0 saturated carbocycles. The molecule has 0 unspecified atom stereocenters. The molecule has 0 aliphatic rings. The largest absolute Gasteiger partial charge is 0.495 e. The standard InChI is InChI=1S/C21H21ClN4O2/c1-3-26(13-15-7-5-4-6-8-15)20-12-18(23-14-24-20)21(27)25-17-11-16(22)9-10-19(17)28-2/h4-12,14H,3,13H2,1-2H3,(H,25,27). The van der Waals surface area contributed by atoms with Gasteiger partial charge < -0.3 is 15.0 Å². The summed E-state index contributed by atoms with van der Waals surface area (Å²) in [7, 11) is 1.53. The Bertz CT molecular complexity index is 950. The van der Waals surface area contributed by atoms with Crippen molar-refractivity contribution in [3.8, 4) is 5.75 Å². The molecule has 0 bridgehead atoms. The zero-order valence-corrected chi connectivity index (χ0v) is 16.5. The summed E-state index contributed by atoms with van der Waals surface area (Å²) in [6, 6.07) is 16.8. The topological polar surface area (TPSA) is 67.4 Å². The Balaban J connectivity index is 1.80. The molecule has 0 fully saturated rings. The third-order valence-electron chi connectivity index (χ3n) is 4.22. The molecular weight excluding hydrogens is 376 g/mol. The first-order chi connectivity index (χ1) is 13.6. The summed E-state index contributed by atoms with van der Waals surface area (Å²) in [5, 5.41) is 3.29. The van der Waals surface area contributed by atoms with Gasteiger partial charge in [0.05, 0.1) is 12.8 Å². The van der Waals surface area contributed by atoms with Gasteiger partial charge in [-0.1, -0.05) is 41.9 Å². The van der Waals surface area contributed by atoms with Crippen LogP contribution >= 0.6 is 11.6 Å². The van der Waals surface area contributed by atoms with E-state index in [1.165, 1.54) is 13.4 Å². The molecule has 0 aliphatic heterocycles. The molecule has 3 aromatic rings. The molecule has 1 aromatic heterocycles. The highest BCUT2D eigenvalue weighted by Gasteiger charge is 2.15. The minimum atomic E-state index is -0.361. The molecule has 3 rings (SSSR count).